The van der Waals surface area contributed by atoms with Gasteiger partial charge in [-0.3, -0.25) is 4.79 Å². The maximum absolute atomic E-state index is 13.5. The molecule has 2 heterocycles. The molecule has 0 spiro atoms. The van der Waals surface area contributed by atoms with Crippen LogP contribution in [0.1, 0.15) is 27.3 Å². The monoisotopic (exact) mass is 325 g/mol. The van der Waals surface area contributed by atoms with E-state index in [-0.39, 0.29) is 5.56 Å². The van der Waals surface area contributed by atoms with E-state index in [0.717, 1.165) is 5.69 Å². The molecule has 0 saturated carbocycles. The lowest BCUT2D eigenvalue weighted by molar-refractivity contribution is 0.102. The van der Waals surface area contributed by atoms with Gasteiger partial charge in [0.15, 0.2) is 5.82 Å². The second-order valence-electron chi connectivity index (χ2n) is 5.59. The van der Waals surface area contributed by atoms with E-state index in [9.17, 15) is 9.18 Å². The van der Waals surface area contributed by atoms with Crippen molar-refractivity contribution in [2.45, 2.75) is 20.8 Å². The quantitative estimate of drug-likeness (QED) is 0.803. The summed E-state index contributed by atoms with van der Waals surface area (Å²) >= 11 is 0. The fourth-order valence-electron chi connectivity index (χ4n) is 2.32. The van der Waals surface area contributed by atoms with Crippen LogP contribution >= 0.6 is 0 Å². The zero-order chi connectivity index (χ0) is 17.3. The molecule has 0 unspecified atom stereocenters. The summed E-state index contributed by atoms with van der Waals surface area (Å²) in [6.07, 6.45) is 0. The number of rotatable bonds is 3. The Bertz CT molecular complexity index is 882. The Balaban J connectivity index is 1.93. The molecule has 0 bridgehead atoms. The smallest absolute Gasteiger partial charge is 0.256 e. The molecule has 0 fully saturated rings. The molecule has 0 aliphatic heterocycles. The fourth-order valence-corrected chi connectivity index (χ4v) is 2.32. The van der Waals surface area contributed by atoms with Crippen LogP contribution in [0.5, 0.6) is 0 Å². The predicted octanol–water partition coefficient (Wildman–Crippen LogP) is 2.98. The van der Waals surface area contributed by atoms with Gasteiger partial charge >= 0.3 is 0 Å². The number of aryl methyl sites for hydroxylation is 3. The Morgan fingerprint density at radius 2 is 1.83 bits per heavy atom. The van der Waals surface area contributed by atoms with Gasteiger partial charge in [-0.05, 0) is 56.7 Å². The molecule has 0 radical (unpaired) electrons. The van der Waals surface area contributed by atoms with Gasteiger partial charge in [0.1, 0.15) is 11.6 Å². The summed E-state index contributed by atoms with van der Waals surface area (Å²) in [7, 11) is 0. The van der Waals surface area contributed by atoms with Crippen molar-refractivity contribution >= 4 is 11.7 Å². The lowest BCUT2D eigenvalue weighted by Crippen LogP contribution is -2.16. The highest BCUT2D eigenvalue weighted by molar-refractivity contribution is 6.04. The molecule has 3 rings (SSSR count). The SMILES string of the molecule is Cc1cc(F)cc(C(=O)Nc2cc(C)nn2-c2ccc(C)nn2)c1. The average Bonchev–Trinajstić information content (AvgIpc) is 2.87. The number of carbonyl (C=O) groups excluding carboxylic acids is 1. The lowest BCUT2D eigenvalue weighted by Gasteiger charge is -2.08. The van der Waals surface area contributed by atoms with Crippen molar-refractivity contribution in [3.05, 3.63) is 64.7 Å². The second-order valence-corrected chi connectivity index (χ2v) is 5.59. The van der Waals surface area contributed by atoms with Gasteiger partial charge in [-0.2, -0.15) is 14.9 Å². The minimum atomic E-state index is -0.450. The van der Waals surface area contributed by atoms with Gasteiger partial charge in [-0.25, -0.2) is 4.39 Å². The topological polar surface area (TPSA) is 72.7 Å². The van der Waals surface area contributed by atoms with Crippen LogP contribution in [0.15, 0.2) is 36.4 Å². The van der Waals surface area contributed by atoms with Crippen LogP contribution in [0.3, 0.4) is 0 Å². The Morgan fingerprint density at radius 1 is 1.04 bits per heavy atom. The summed E-state index contributed by atoms with van der Waals surface area (Å²) in [5, 5.41) is 15.1. The van der Waals surface area contributed by atoms with Gasteiger partial charge in [0.2, 0.25) is 0 Å². The molecule has 0 aliphatic rings. The molecule has 1 N–H and O–H groups in total. The van der Waals surface area contributed by atoms with E-state index in [1.54, 1.807) is 38.1 Å². The van der Waals surface area contributed by atoms with Gasteiger partial charge < -0.3 is 5.32 Å². The Hall–Kier alpha value is -3.09. The number of amides is 1. The molecule has 122 valence electrons. The minimum absolute atomic E-state index is 0.243. The number of hydrogen-bond acceptors (Lipinski definition) is 4. The zero-order valence-corrected chi connectivity index (χ0v) is 13.5. The van der Waals surface area contributed by atoms with Crippen LogP contribution in [0, 0.1) is 26.6 Å². The van der Waals surface area contributed by atoms with E-state index in [0.29, 0.717) is 22.9 Å². The van der Waals surface area contributed by atoms with Crippen LogP contribution in [0.4, 0.5) is 10.2 Å². The number of nitrogens with one attached hydrogen (secondary N) is 1. The molecular formula is C17H16FN5O. The number of aromatic nitrogens is 4. The van der Waals surface area contributed by atoms with Crippen LogP contribution in [-0.2, 0) is 0 Å². The van der Waals surface area contributed by atoms with E-state index in [1.807, 2.05) is 6.92 Å². The maximum Gasteiger partial charge on any atom is 0.256 e. The molecule has 0 aliphatic carbocycles. The molecule has 1 aromatic carbocycles. The first-order valence-corrected chi connectivity index (χ1v) is 7.38. The number of hydrogen-bond donors (Lipinski definition) is 1. The van der Waals surface area contributed by atoms with Crippen molar-refractivity contribution < 1.29 is 9.18 Å². The van der Waals surface area contributed by atoms with E-state index in [4.69, 9.17) is 0 Å². The van der Waals surface area contributed by atoms with Crippen LogP contribution in [0.25, 0.3) is 5.82 Å². The van der Waals surface area contributed by atoms with Gasteiger partial charge in [-0.1, -0.05) is 0 Å². The third kappa shape index (κ3) is 3.29. The molecule has 3 aromatic rings. The molecule has 2 aromatic heterocycles. The number of carbonyl (C=O) groups is 1. The van der Waals surface area contributed by atoms with Crippen LogP contribution in [-0.4, -0.2) is 25.9 Å². The normalized spacial score (nSPS) is 10.7. The lowest BCUT2D eigenvalue weighted by atomic mass is 10.1. The molecule has 0 saturated heterocycles. The van der Waals surface area contributed by atoms with Gasteiger partial charge in [-0.15, -0.1) is 5.10 Å². The molecular weight excluding hydrogens is 309 g/mol. The number of halogens is 1. The van der Waals surface area contributed by atoms with Crippen molar-refractivity contribution in [3.8, 4) is 5.82 Å². The standard InChI is InChI=1S/C17H16FN5O/c1-10-6-13(9-14(18)7-10)17(24)19-16-8-12(3)22-23(16)15-5-4-11(2)20-21-15/h4-9H,1-3H3,(H,19,24). The third-order valence-corrected chi connectivity index (χ3v) is 3.38. The molecule has 7 heteroatoms. The summed E-state index contributed by atoms with van der Waals surface area (Å²) < 4.78 is 15.0. The molecule has 6 nitrogen and oxygen atoms in total. The number of anilines is 1. The largest absolute Gasteiger partial charge is 0.306 e. The van der Waals surface area contributed by atoms with Gasteiger partial charge in [0.25, 0.3) is 5.91 Å². The Kier molecular flexibility index (Phi) is 4.07. The number of nitrogens with zero attached hydrogens (tertiary/aromatic N) is 4. The average molecular weight is 325 g/mol. The summed E-state index contributed by atoms with van der Waals surface area (Å²) in [6, 6.07) is 9.47. The first-order valence-electron chi connectivity index (χ1n) is 7.38. The Morgan fingerprint density at radius 3 is 2.50 bits per heavy atom. The zero-order valence-electron chi connectivity index (χ0n) is 13.5. The summed E-state index contributed by atoms with van der Waals surface area (Å²) in [5.41, 5.74) is 2.41. The highest BCUT2D eigenvalue weighted by Gasteiger charge is 2.14. The molecule has 0 atom stereocenters. The van der Waals surface area contributed by atoms with Crippen LogP contribution < -0.4 is 5.32 Å². The summed E-state index contributed by atoms with van der Waals surface area (Å²) in [4.78, 5) is 12.4. The van der Waals surface area contributed by atoms with Crippen molar-refractivity contribution in [2.75, 3.05) is 5.32 Å². The van der Waals surface area contributed by atoms with Crippen molar-refractivity contribution in [3.63, 3.8) is 0 Å². The third-order valence-electron chi connectivity index (χ3n) is 3.38. The molecule has 1 amide bonds. The maximum atomic E-state index is 13.5. The predicted molar refractivity (Wildman–Crippen MR) is 87.7 cm³/mol. The highest BCUT2D eigenvalue weighted by Crippen LogP contribution is 2.17. The van der Waals surface area contributed by atoms with Crippen molar-refractivity contribution in [1.29, 1.82) is 0 Å². The Labute approximate surface area is 138 Å². The highest BCUT2D eigenvalue weighted by atomic mass is 19.1. The van der Waals surface area contributed by atoms with E-state index >= 15 is 0 Å². The van der Waals surface area contributed by atoms with Crippen molar-refractivity contribution in [1.82, 2.24) is 20.0 Å². The van der Waals surface area contributed by atoms with Gasteiger partial charge in [0, 0.05) is 11.6 Å². The first kappa shape index (κ1) is 15.8. The second kappa shape index (κ2) is 6.19. The minimum Gasteiger partial charge on any atom is -0.306 e. The molecule has 24 heavy (non-hydrogen) atoms. The summed E-state index contributed by atoms with van der Waals surface area (Å²) in [6.45, 7) is 5.37. The van der Waals surface area contributed by atoms with E-state index < -0.39 is 11.7 Å². The number of benzene rings is 1. The van der Waals surface area contributed by atoms with E-state index in [2.05, 4.69) is 20.6 Å². The summed E-state index contributed by atoms with van der Waals surface area (Å²) in [5.74, 6) is 0.0602. The van der Waals surface area contributed by atoms with Gasteiger partial charge in [0.05, 0.1) is 11.4 Å². The van der Waals surface area contributed by atoms with Crippen molar-refractivity contribution in [2.24, 2.45) is 0 Å². The first-order chi connectivity index (χ1) is 11.4. The fraction of sp³-hybridized carbons (Fsp3) is 0.176. The van der Waals surface area contributed by atoms with Crippen LogP contribution in [0.2, 0.25) is 0 Å². The van der Waals surface area contributed by atoms with E-state index in [1.165, 1.54) is 16.8 Å².